The van der Waals surface area contributed by atoms with E-state index in [2.05, 4.69) is 5.32 Å². The molecule has 0 saturated carbocycles. The number of nitrogens with zero attached hydrogens (tertiary/aromatic N) is 2. The molecule has 7 nitrogen and oxygen atoms in total. The van der Waals surface area contributed by atoms with Crippen molar-refractivity contribution in [2.75, 3.05) is 10.8 Å². The van der Waals surface area contributed by atoms with E-state index < -0.39 is 34.4 Å². The van der Waals surface area contributed by atoms with E-state index in [0.717, 1.165) is 9.87 Å². The lowest BCUT2D eigenvalue weighted by atomic mass is 10.0. The van der Waals surface area contributed by atoms with Gasteiger partial charge in [-0.2, -0.15) is 0 Å². The molecule has 242 valence electrons. The predicted molar refractivity (Wildman–Crippen MR) is 186 cm³/mol. The number of benzene rings is 4. The molecule has 0 spiro atoms. The zero-order valence-corrected chi connectivity index (χ0v) is 29.0. The molecule has 1 N–H and O–H groups in total. The van der Waals surface area contributed by atoms with Crippen molar-refractivity contribution in [3.63, 3.8) is 0 Å². The second-order valence-corrected chi connectivity index (χ2v) is 14.2. The van der Waals surface area contributed by atoms with E-state index >= 15 is 0 Å². The number of nitrogens with one attached hydrogen (secondary N) is 1. The van der Waals surface area contributed by atoms with E-state index in [1.807, 2.05) is 44.2 Å². The summed E-state index contributed by atoms with van der Waals surface area (Å²) < 4.78 is 29.2. The summed E-state index contributed by atoms with van der Waals surface area (Å²) in [5.41, 5.74) is 1.29. The molecule has 0 aliphatic rings. The zero-order valence-electron chi connectivity index (χ0n) is 25.2. The highest BCUT2D eigenvalue weighted by Gasteiger charge is 2.35. The van der Waals surface area contributed by atoms with Crippen LogP contribution in [0.3, 0.4) is 0 Å². The molecule has 0 aliphatic heterocycles. The summed E-state index contributed by atoms with van der Waals surface area (Å²) in [5.74, 6) is -1.08. The molecule has 0 heterocycles. The summed E-state index contributed by atoms with van der Waals surface area (Å²) in [4.78, 5) is 29.8. The highest BCUT2D eigenvalue weighted by atomic mass is 35.5. The lowest BCUT2D eigenvalue weighted by molar-refractivity contribution is -0.140. The van der Waals surface area contributed by atoms with Crippen LogP contribution in [-0.4, -0.2) is 43.8 Å². The van der Waals surface area contributed by atoms with Gasteiger partial charge in [0, 0.05) is 44.7 Å². The number of sulfonamides is 1. The summed E-state index contributed by atoms with van der Waals surface area (Å²) in [6.45, 7) is 2.95. The molecular weight excluding hydrogens is 688 g/mol. The summed E-state index contributed by atoms with van der Waals surface area (Å²) >= 11 is 25.7. The van der Waals surface area contributed by atoms with Gasteiger partial charge < -0.3 is 10.2 Å². The van der Waals surface area contributed by atoms with Gasteiger partial charge in [0.25, 0.3) is 10.0 Å². The Bertz CT molecular complexity index is 1740. The van der Waals surface area contributed by atoms with Crippen molar-refractivity contribution in [3.05, 3.63) is 128 Å². The van der Waals surface area contributed by atoms with Crippen LogP contribution < -0.4 is 9.62 Å². The molecule has 4 aromatic rings. The predicted octanol–water partition coefficient (Wildman–Crippen LogP) is 8.05. The molecule has 4 rings (SSSR count). The van der Waals surface area contributed by atoms with Crippen LogP contribution in [-0.2, 0) is 32.6 Å². The molecule has 12 heteroatoms. The number of amides is 2. The average molecular weight is 722 g/mol. The number of halogens is 4. The lowest BCUT2D eigenvalue weighted by Gasteiger charge is -2.34. The van der Waals surface area contributed by atoms with Gasteiger partial charge in [0.1, 0.15) is 12.6 Å². The van der Waals surface area contributed by atoms with Crippen molar-refractivity contribution in [1.29, 1.82) is 0 Å². The second kappa shape index (κ2) is 16.0. The van der Waals surface area contributed by atoms with E-state index in [9.17, 15) is 18.0 Å². The quantitative estimate of drug-likeness (QED) is 0.152. The van der Waals surface area contributed by atoms with E-state index in [4.69, 9.17) is 46.4 Å². The number of carbonyl (C=O) groups is 2. The van der Waals surface area contributed by atoms with Crippen LogP contribution >= 0.6 is 46.4 Å². The fourth-order valence-electron chi connectivity index (χ4n) is 4.78. The van der Waals surface area contributed by atoms with Crippen LogP contribution in [0.15, 0.2) is 102 Å². The first-order valence-electron chi connectivity index (χ1n) is 14.5. The van der Waals surface area contributed by atoms with Gasteiger partial charge in [-0.05, 0) is 61.4 Å². The van der Waals surface area contributed by atoms with Crippen molar-refractivity contribution in [2.24, 2.45) is 0 Å². The third-order valence-corrected chi connectivity index (χ3v) is 10.3. The van der Waals surface area contributed by atoms with Crippen molar-refractivity contribution >= 4 is 73.9 Å². The first kappa shape index (κ1) is 35.6. The third kappa shape index (κ3) is 8.96. The van der Waals surface area contributed by atoms with Crippen LogP contribution in [0.2, 0.25) is 20.1 Å². The van der Waals surface area contributed by atoms with E-state index in [1.165, 1.54) is 35.2 Å². The summed E-state index contributed by atoms with van der Waals surface area (Å²) in [6, 6.07) is 24.9. The molecule has 2 amide bonds. The molecule has 0 saturated heterocycles. The lowest BCUT2D eigenvalue weighted by Crippen LogP contribution is -2.54. The Hall–Kier alpha value is -3.27. The van der Waals surface area contributed by atoms with Crippen LogP contribution in [0.4, 0.5) is 5.69 Å². The number of anilines is 1. The van der Waals surface area contributed by atoms with Gasteiger partial charge in [-0.1, -0.05) is 108 Å². The topological polar surface area (TPSA) is 86.8 Å². The monoisotopic (exact) mass is 719 g/mol. The van der Waals surface area contributed by atoms with Crippen molar-refractivity contribution in [2.45, 2.75) is 50.2 Å². The molecule has 0 aromatic heterocycles. The van der Waals surface area contributed by atoms with Crippen LogP contribution in [0, 0.1) is 0 Å². The van der Waals surface area contributed by atoms with Gasteiger partial charge in [0.2, 0.25) is 11.8 Å². The molecule has 46 heavy (non-hydrogen) atoms. The number of rotatable bonds is 13. The Labute approximate surface area is 290 Å². The zero-order chi connectivity index (χ0) is 33.4. The van der Waals surface area contributed by atoms with Gasteiger partial charge in [-0.25, -0.2) is 8.42 Å². The summed E-state index contributed by atoms with van der Waals surface area (Å²) in [7, 11) is -4.32. The molecule has 0 fully saturated rings. The van der Waals surface area contributed by atoms with Crippen LogP contribution in [0.1, 0.15) is 31.4 Å². The minimum absolute atomic E-state index is 0.0463. The Balaban J connectivity index is 1.86. The van der Waals surface area contributed by atoms with Gasteiger partial charge in [0.05, 0.1) is 10.6 Å². The molecule has 0 bridgehead atoms. The van der Waals surface area contributed by atoms with Gasteiger partial charge in [0.15, 0.2) is 0 Å². The maximum atomic E-state index is 14.6. The van der Waals surface area contributed by atoms with Crippen LogP contribution in [0.25, 0.3) is 0 Å². The number of hydrogen-bond acceptors (Lipinski definition) is 4. The molecule has 0 unspecified atom stereocenters. The maximum absolute atomic E-state index is 14.6. The minimum Gasteiger partial charge on any atom is -0.352 e. The number of carbonyl (C=O) groups excluding carboxylic acids is 2. The smallest absolute Gasteiger partial charge is 0.264 e. The third-order valence-electron chi connectivity index (χ3n) is 7.41. The molecule has 2 atom stereocenters. The van der Waals surface area contributed by atoms with Crippen molar-refractivity contribution in [1.82, 2.24) is 10.2 Å². The standard InChI is InChI=1S/C34H33Cl4N3O4S/c1-3-23(2)39-34(43)32(17-24-11-6-4-7-12-24)40(21-29-30(37)15-10-16-31(29)38)33(42)22-41(27-19-25(35)18-26(36)20-27)46(44,45)28-13-8-5-9-14-28/h4-16,18-20,23,32H,3,17,21-22H2,1-2H3,(H,39,43)/t23-,32+/m1/s1. The first-order valence-corrected chi connectivity index (χ1v) is 17.5. The maximum Gasteiger partial charge on any atom is 0.264 e. The van der Waals surface area contributed by atoms with E-state index in [-0.39, 0.29) is 39.6 Å². The van der Waals surface area contributed by atoms with Gasteiger partial charge in [-0.15, -0.1) is 0 Å². The minimum atomic E-state index is -4.32. The van der Waals surface area contributed by atoms with Crippen LogP contribution in [0.5, 0.6) is 0 Å². The second-order valence-electron chi connectivity index (χ2n) is 10.7. The van der Waals surface area contributed by atoms with Crippen molar-refractivity contribution in [3.8, 4) is 0 Å². The molecule has 0 radical (unpaired) electrons. The van der Waals surface area contributed by atoms with E-state index in [1.54, 1.807) is 36.4 Å². The van der Waals surface area contributed by atoms with Crippen molar-refractivity contribution < 1.29 is 18.0 Å². The van der Waals surface area contributed by atoms with Gasteiger partial charge >= 0.3 is 0 Å². The van der Waals surface area contributed by atoms with Gasteiger partial charge in [-0.3, -0.25) is 13.9 Å². The first-order chi connectivity index (χ1) is 21.9. The Morgan fingerprint density at radius 2 is 1.37 bits per heavy atom. The normalized spacial score (nSPS) is 12.7. The summed E-state index contributed by atoms with van der Waals surface area (Å²) in [6.07, 6.45) is 0.804. The molecule has 0 aliphatic carbocycles. The largest absolute Gasteiger partial charge is 0.352 e. The fraction of sp³-hybridized carbons (Fsp3) is 0.235. The Morgan fingerprint density at radius 1 is 0.804 bits per heavy atom. The SMILES string of the molecule is CC[C@@H](C)NC(=O)[C@H](Cc1ccccc1)N(Cc1c(Cl)cccc1Cl)C(=O)CN(c1cc(Cl)cc(Cl)c1)S(=O)(=O)c1ccccc1. The summed E-state index contributed by atoms with van der Waals surface area (Å²) in [5, 5.41) is 3.93. The highest BCUT2D eigenvalue weighted by molar-refractivity contribution is 7.92. The molecular formula is C34H33Cl4N3O4S. The number of hydrogen-bond donors (Lipinski definition) is 1. The Kier molecular flexibility index (Phi) is 12.4. The average Bonchev–Trinajstić information content (AvgIpc) is 3.02. The fourth-order valence-corrected chi connectivity index (χ4v) is 7.23. The highest BCUT2D eigenvalue weighted by Crippen LogP contribution is 2.31. The Morgan fingerprint density at radius 3 is 1.93 bits per heavy atom. The van der Waals surface area contributed by atoms with E-state index in [0.29, 0.717) is 22.0 Å². The molecule has 4 aromatic carbocycles.